The van der Waals surface area contributed by atoms with E-state index in [-0.39, 0.29) is 5.91 Å². The summed E-state index contributed by atoms with van der Waals surface area (Å²) in [5.74, 6) is 0.633. The molecule has 0 bridgehead atoms. The number of benzene rings is 2. The van der Waals surface area contributed by atoms with Crippen LogP contribution in [-0.4, -0.2) is 17.8 Å². The van der Waals surface area contributed by atoms with Gasteiger partial charge in [0.15, 0.2) is 5.60 Å². The van der Waals surface area contributed by atoms with E-state index in [1.54, 1.807) is 18.7 Å². The van der Waals surface area contributed by atoms with Crippen LogP contribution in [0.15, 0.2) is 42.5 Å². The van der Waals surface area contributed by atoms with Crippen molar-refractivity contribution in [2.24, 2.45) is 0 Å². The van der Waals surface area contributed by atoms with Gasteiger partial charge in [0, 0.05) is 23.7 Å². The van der Waals surface area contributed by atoms with Gasteiger partial charge in [-0.25, -0.2) is 0 Å². The molecule has 3 rings (SSSR count). The molecule has 23 heavy (non-hydrogen) atoms. The molecule has 0 aliphatic carbocycles. The molecule has 0 spiro atoms. The third-order valence-electron chi connectivity index (χ3n) is 3.80. The zero-order chi connectivity index (χ0) is 16.6. The van der Waals surface area contributed by atoms with Crippen molar-refractivity contribution in [3.8, 4) is 5.75 Å². The number of anilines is 3. The fraction of sp³-hybridized carbons (Fsp3) is 0.278. The van der Waals surface area contributed by atoms with Gasteiger partial charge >= 0.3 is 0 Å². The fourth-order valence-corrected chi connectivity index (χ4v) is 2.97. The molecule has 1 aliphatic rings. The van der Waals surface area contributed by atoms with E-state index < -0.39 is 5.60 Å². The molecule has 1 heterocycles. The molecular weight excluding hydrogens is 308 g/mol. The van der Waals surface area contributed by atoms with E-state index >= 15 is 0 Å². The van der Waals surface area contributed by atoms with Crippen LogP contribution in [0, 0.1) is 6.92 Å². The van der Waals surface area contributed by atoms with Gasteiger partial charge in [0.1, 0.15) is 5.75 Å². The van der Waals surface area contributed by atoms with Crippen molar-refractivity contribution in [3.63, 3.8) is 0 Å². The lowest BCUT2D eigenvalue weighted by molar-refractivity contribution is -0.131. The summed E-state index contributed by atoms with van der Waals surface area (Å²) >= 11 is 1.52. The number of nitrogens with zero attached hydrogens (tertiary/aromatic N) is 1. The summed E-state index contributed by atoms with van der Waals surface area (Å²) in [6.07, 6.45) is 1.96. The van der Waals surface area contributed by atoms with E-state index in [1.165, 1.54) is 11.9 Å². The standard InChI is InChI=1S/C18H20N2O2S/c1-12-5-8-14(9-6-12)20-15-10-7-13(19-23-4)11-16(15)22-18(2,3)17(20)21/h5-11,19H,1-4H3. The summed E-state index contributed by atoms with van der Waals surface area (Å²) in [5.41, 5.74) is 2.82. The number of ether oxygens (including phenoxy) is 1. The van der Waals surface area contributed by atoms with E-state index in [1.807, 2.05) is 55.6 Å². The highest BCUT2D eigenvalue weighted by Crippen LogP contribution is 2.43. The molecule has 0 unspecified atom stereocenters. The number of carbonyl (C=O) groups is 1. The van der Waals surface area contributed by atoms with Gasteiger partial charge in [0.25, 0.3) is 5.91 Å². The molecular formula is C18H20N2O2S. The van der Waals surface area contributed by atoms with Crippen molar-refractivity contribution in [3.05, 3.63) is 48.0 Å². The molecule has 120 valence electrons. The molecule has 4 nitrogen and oxygen atoms in total. The molecule has 2 aromatic carbocycles. The van der Waals surface area contributed by atoms with Crippen LogP contribution in [0.5, 0.6) is 5.75 Å². The summed E-state index contributed by atoms with van der Waals surface area (Å²) < 4.78 is 9.15. The van der Waals surface area contributed by atoms with Gasteiger partial charge in [0.2, 0.25) is 0 Å². The number of rotatable bonds is 3. The number of hydrogen-bond donors (Lipinski definition) is 1. The van der Waals surface area contributed by atoms with Crippen LogP contribution in [-0.2, 0) is 4.79 Å². The molecule has 0 saturated heterocycles. The molecule has 0 aromatic heterocycles. The summed E-state index contributed by atoms with van der Waals surface area (Å²) in [6.45, 7) is 5.63. The number of hydrogen-bond acceptors (Lipinski definition) is 4. The first kappa shape index (κ1) is 15.7. The highest BCUT2D eigenvalue weighted by molar-refractivity contribution is 7.99. The Hall–Kier alpha value is -2.14. The van der Waals surface area contributed by atoms with Gasteiger partial charge < -0.3 is 9.46 Å². The Balaban J connectivity index is 2.12. The Morgan fingerprint density at radius 2 is 1.83 bits per heavy atom. The van der Waals surface area contributed by atoms with E-state index in [0.29, 0.717) is 5.75 Å². The maximum Gasteiger partial charge on any atom is 0.275 e. The lowest BCUT2D eigenvalue weighted by atomic mass is 10.0. The lowest BCUT2D eigenvalue weighted by Gasteiger charge is -2.39. The van der Waals surface area contributed by atoms with Crippen molar-refractivity contribution < 1.29 is 9.53 Å². The van der Waals surface area contributed by atoms with Crippen molar-refractivity contribution >= 4 is 34.9 Å². The van der Waals surface area contributed by atoms with E-state index in [2.05, 4.69) is 4.72 Å². The number of fused-ring (bicyclic) bond motifs is 1. The first-order valence-electron chi connectivity index (χ1n) is 7.45. The Morgan fingerprint density at radius 1 is 1.13 bits per heavy atom. The van der Waals surface area contributed by atoms with Crippen LogP contribution in [0.2, 0.25) is 0 Å². The SMILES string of the molecule is CSNc1ccc2c(c1)OC(C)(C)C(=O)N2c1ccc(C)cc1. The largest absolute Gasteiger partial charge is 0.476 e. The molecule has 1 aliphatic heterocycles. The molecule has 0 saturated carbocycles. The first-order valence-corrected chi connectivity index (χ1v) is 8.68. The maximum absolute atomic E-state index is 12.9. The fourth-order valence-electron chi connectivity index (χ4n) is 2.61. The number of amides is 1. The zero-order valence-electron chi connectivity index (χ0n) is 13.7. The molecule has 0 radical (unpaired) electrons. The van der Waals surface area contributed by atoms with Crippen LogP contribution in [0.1, 0.15) is 19.4 Å². The molecule has 2 aromatic rings. The third-order valence-corrected chi connectivity index (χ3v) is 4.24. The minimum absolute atomic E-state index is 0.0700. The maximum atomic E-state index is 12.9. The lowest BCUT2D eigenvalue weighted by Crippen LogP contribution is -2.50. The Kier molecular flexibility index (Phi) is 3.98. The molecule has 1 N–H and O–H groups in total. The van der Waals surface area contributed by atoms with Gasteiger partial charge in [0.05, 0.1) is 5.69 Å². The minimum Gasteiger partial charge on any atom is -0.476 e. The zero-order valence-corrected chi connectivity index (χ0v) is 14.5. The minimum atomic E-state index is -0.907. The topological polar surface area (TPSA) is 41.6 Å². The molecule has 0 atom stereocenters. The Labute approximate surface area is 141 Å². The van der Waals surface area contributed by atoms with Gasteiger partial charge in [-0.2, -0.15) is 0 Å². The van der Waals surface area contributed by atoms with Crippen molar-refractivity contribution in [1.82, 2.24) is 0 Å². The van der Waals surface area contributed by atoms with Gasteiger partial charge in [-0.15, -0.1) is 0 Å². The van der Waals surface area contributed by atoms with Crippen molar-refractivity contribution in [2.45, 2.75) is 26.4 Å². The van der Waals surface area contributed by atoms with Crippen LogP contribution in [0.3, 0.4) is 0 Å². The summed E-state index contributed by atoms with van der Waals surface area (Å²) in [5, 5.41) is 0. The Bertz CT molecular complexity index is 741. The van der Waals surface area contributed by atoms with Gasteiger partial charge in [-0.05, 0) is 45.0 Å². The molecule has 5 heteroatoms. The van der Waals surface area contributed by atoms with Crippen molar-refractivity contribution in [1.29, 1.82) is 0 Å². The van der Waals surface area contributed by atoms with Crippen LogP contribution in [0.4, 0.5) is 17.1 Å². The second-order valence-corrected chi connectivity index (χ2v) is 6.69. The highest BCUT2D eigenvalue weighted by atomic mass is 32.2. The monoisotopic (exact) mass is 328 g/mol. The molecule has 1 amide bonds. The second-order valence-electron chi connectivity index (χ2n) is 6.08. The summed E-state index contributed by atoms with van der Waals surface area (Å²) in [6, 6.07) is 13.7. The average molecular weight is 328 g/mol. The Morgan fingerprint density at radius 3 is 2.48 bits per heavy atom. The second kappa shape index (κ2) is 5.81. The number of carbonyl (C=O) groups excluding carboxylic acids is 1. The quantitative estimate of drug-likeness (QED) is 0.841. The average Bonchev–Trinajstić information content (AvgIpc) is 2.50. The summed E-state index contributed by atoms with van der Waals surface area (Å²) in [4.78, 5) is 14.6. The first-order chi connectivity index (χ1) is 10.9. The molecule has 0 fully saturated rings. The van der Waals surface area contributed by atoms with Crippen molar-refractivity contribution in [2.75, 3.05) is 15.9 Å². The summed E-state index contributed by atoms with van der Waals surface area (Å²) in [7, 11) is 0. The van der Waals surface area contributed by atoms with Gasteiger partial charge in [-0.3, -0.25) is 9.69 Å². The van der Waals surface area contributed by atoms with Gasteiger partial charge in [-0.1, -0.05) is 29.6 Å². The normalized spacial score (nSPS) is 15.8. The van der Waals surface area contributed by atoms with Crippen LogP contribution in [0.25, 0.3) is 0 Å². The van der Waals surface area contributed by atoms with E-state index in [9.17, 15) is 4.79 Å². The number of aryl methyl sites for hydroxylation is 1. The number of nitrogens with one attached hydrogen (secondary N) is 1. The van der Waals surface area contributed by atoms with Crippen LogP contribution < -0.4 is 14.4 Å². The predicted molar refractivity (Wildman–Crippen MR) is 96.6 cm³/mol. The van der Waals surface area contributed by atoms with E-state index in [0.717, 1.165) is 22.6 Å². The third kappa shape index (κ3) is 2.88. The van der Waals surface area contributed by atoms with Crippen LogP contribution >= 0.6 is 11.9 Å². The highest BCUT2D eigenvalue weighted by Gasteiger charge is 2.41. The van der Waals surface area contributed by atoms with E-state index in [4.69, 9.17) is 4.74 Å². The smallest absolute Gasteiger partial charge is 0.275 e. The predicted octanol–water partition coefficient (Wildman–Crippen LogP) is 4.52.